The first-order valence-corrected chi connectivity index (χ1v) is 48.2. The van der Waals surface area contributed by atoms with Crippen LogP contribution in [0.5, 0.6) is 0 Å². The number of anilines is 12. The molecule has 18 rings (SSSR count). The van der Waals surface area contributed by atoms with Crippen molar-refractivity contribution < 1.29 is 38.4 Å². The summed E-state index contributed by atoms with van der Waals surface area (Å²) in [5.74, 6) is 3.42. The molecule has 2 saturated carbocycles. The fraction of sp³-hybridized carbons (Fsp3) is 0.431. The third kappa shape index (κ3) is 24.9. The quantitative estimate of drug-likeness (QED) is 0.0182. The fourth-order valence-corrected chi connectivity index (χ4v) is 18.7. The van der Waals surface area contributed by atoms with Gasteiger partial charge < -0.3 is 82.1 Å². The standard InChI is InChI=1S/C27H34N6O2.C26H33N7O2.C25H30N8O2.C24H29N9O2/c1-17(2)19-7-9-20(10-8-19)23(34)14-21-6-5-12-33(18(21)3)24-15-29-25(26(28)35)27(31-24)30-22-11-13-32(4)16-22;1-16(2)18-7-9-19(10-8-18)22(34)14-20-6-5-12-33(17(20)3)26-29-25(23(24(27)35)30-31-26)28-21-11-13-32(4)15-21;1-15-17(10-21(34)20-12-27-19(11-28-20)16-5-6-16)4-3-8-33(15)22-13-29-23(24(26)35)25(31-22)30-18-7-9-32(2)14-18;1-14-16(10-20(34)19-12-26-18(11-27-19)15-5-6-15)4-3-8-33(14)24-29-23(21(22(25)35)30-31-24)28-17-7-9-32(2)13-17/h7-11,13,15-18,21H,5-6,12,14H2,1-4H3,(H2,28,35)(H,30,31);7-11,13,15-17,20H,5-6,12,14H2,1-4H3,(H2,27,35)(H,28,29,31);7,9,11-17H,3-6,8,10H2,1-2H3,(H2,26,35)(H,30,31);7,9,11-16H,3-6,8,10H2,1-2H3,(H2,25,35)(H,28,29,31)/t18-,21+;17-,20+;15-,17+;14-,16+/m1111/s1. The Morgan fingerprint density at radius 2 is 0.629 bits per heavy atom. The van der Waals surface area contributed by atoms with Crippen LogP contribution in [0, 0.1) is 23.7 Å². The smallest absolute Gasteiger partial charge is 0.273 e. The summed E-state index contributed by atoms with van der Waals surface area (Å²) in [6.07, 6.45) is 38.7. The molecule has 2 aliphatic carbocycles. The van der Waals surface area contributed by atoms with E-state index in [1.54, 1.807) is 37.2 Å². The Morgan fingerprint density at radius 1 is 0.336 bits per heavy atom. The number of ketones is 4. The van der Waals surface area contributed by atoms with Crippen LogP contribution in [-0.2, 0) is 28.2 Å². The average molecular weight is 1900 g/mol. The summed E-state index contributed by atoms with van der Waals surface area (Å²) >= 11 is 0. The highest BCUT2D eigenvalue weighted by molar-refractivity contribution is 6.00. The van der Waals surface area contributed by atoms with Gasteiger partial charge in [0, 0.05) is 189 Å². The van der Waals surface area contributed by atoms with Crippen LogP contribution in [-0.4, -0.2) is 186 Å². The number of hydrogen-bond acceptors (Lipinski definition) is 30. The number of benzene rings is 2. The van der Waals surface area contributed by atoms with Crippen LogP contribution < -0.4 is 63.8 Å². The van der Waals surface area contributed by atoms with Crippen LogP contribution in [0.2, 0.25) is 0 Å². The molecule has 12 N–H and O–H groups in total. The van der Waals surface area contributed by atoms with E-state index in [1.807, 2.05) is 174 Å². The monoisotopic (exact) mass is 1900 g/mol. The molecule has 0 unspecified atom stereocenters. The average Bonchev–Trinajstić information content (AvgIpc) is 1.79. The first-order chi connectivity index (χ1) is 67.2. The van der Waals surface area contributed by atoms with Crippen LogP contribution in [0.25, 0.3) is 0 Å². The first kappa shape index (κ1) is 99.3. The number of nitrogens with zero attached hydrogens (tertiary/aromatic N) is 22. The maximum atomic E-state index is 13.1. The lowest BCUT2D eigenvalue weighted by Gasteiger charge is -2.40. The number of amides is 4. The molecular formula is C102H126N30O8. The zero-order chi connectivity index (χ0) is 99.3. The Labute approximate surface area is 814 Å². The lowest BCUT2D eigenvalue weighted by molar-refractivity contribution is 0.0933. The van der Waals surface area contributed by atoms with Gasteiger partial charge >= 0.3 is 0 Å². The molecule has 38 nitrogen and oxygen atoms in total. The van der Waals surface area contributed by atoms with Crippen molar-refractivity contribution in [3.05, 3.63) is 227 Å². The summed E-state index contributed by atoms with van der Waals surface area (Å²) < 4.78 is 7.54. The van der Waals surface area contributed by atoms with E-state index >= 15 is 0 Å². The molecule has 4 saturated heterocycles. The minimum atomic E-state index is -0.709. The van der Waals surface area contributed by atoms with Crippen LogP contribution >= 0.6 is 0 Å². The van der Waals surface area contributed by atoms with Crippen LogP contribution in [0.3, 0.4) is 0 Å². The number of nitrogens with two attached hydrogens (primary N) is 4. The van der Waals surface area contributed by atoms with E-state index in [0.717, 1.165) is 148 Å². The van der Waals surface area contributed by atoms with E-state index < -0.39 is 23.6 Å². The third-order valence-electron chi connectivity index (χ3n) is 27.4. The highest BCUT2D eigenvalue weighted by Crippen LogP contribution is 2.42. The topological polar surface area (TPSA) is 502 Å². The van der Waals surface area contributed by atoms with Crippen LogP contribution in [0.1, 0.15) is 288 Å². The summed E-state index contributed by atoms with van der Waals surface area (Å²) in [6.45, 7) is 20.0. The van der Waals surface area contributed by atoms with Gasteiger partial charge in [0.25, 0.3) is 23.6 Å². The minimum absolute atomic E-state index is 0.00259. The zero-order valence-corrected chi connectivity index (χ0v) is 81.5. The fourth-order valence-electron chi connectivity index (χ4n) is 18.7. The molecule has 0 bridgehead atoms. The maximum absolute atomic E-state index is 13.1. The van der Waals surface area contributed by atoms with E-state index in [-0.39, 0.29) is 105 Å². The number of hydrogen-bond donors (Lipinski definition) is 8. The van der Waals surface area contributed by atoms with Crippen molar-refractivity contribution in [2.75, 3.05) is 67.0 Å². The Morgan fingerprint density at radius 3 is 0.900 bits per heavy atom. The molecular weight excluding hydrogens is 1770 g/mol. The Hall–Kier alpha value is -15.1. The number of carbonyl (C=O) groups excluding carboxylic acids is 8. The normalized spacial score (nSPS) is 19.0. The summed E-state index contributed by atoms with van der Waals surface area (Å²) in [7, 11) is 7.62. The van der Waals surface area contributed by atoms with Gasteiger partial charge in [-0.15, -0.1) is 20.4 Å². The second kappa shape index (κ2) is 44.5. The van der Waals surface area contributed by atoms with E-state index in [0.29, 0.717) is 95.9 Å². The summed E-state index contributed by atoms with van der Waals surface area (Å²) in [6, 6.07) is 23.6. The molecule has 0 radical (unpaired) electrons. The van der Waals surface area contributed by atoms with Gasteiger partial charge in [0.2, 0.25) is 11.9 Å². The molecule has 732 valence electrons. The van der Waals surface area contributed by atoms with Crippen molar-refractivity contribution in [3.63, 3.8) is 0 Å². The Bertz CT molecular complexity index is 5660. The first-order valence-electron chi connectivity index (χ1n) is 48.2. The Balaban J connectivity index is 0.000000141. The highest BCUT2D eigenvalue weighted by atomic mass is 16.2. The predicted octanol–water partition coefficient (Wildman–Crippen LogP) is 14.5. The van der Waals surface area contributed by atoms with Crippen molar-refractivity contribution in [2.24, 2.45) is 74.8 Å². The largest absolute Gasteiger partial charge is 0.364 e. The molecule has 2 aromatic carbocycles. The van der Waals surface area contributed by atoms with E-state index in [4.69, 9.17) is 32.9 Å². The van der Waals surface area contributed by atoms with Crippen molar-refractivity contribution in [3.8, 4) is 0 Å². The number of primary amides is 4. The molecule has 140 heavy (non-hydrogen) atoms. The molecule has 4 aliphatic heterocycles. The molecule has 8 atom stereocenters. The summed E-state index contributed by atoms with van der Waals surface area (Å²) in [5.41, 5.74) is 32.1. The van der Waals surface area contributed by atoms with Crippen LogP contribution in [0.4, 0.5) is 69.6 Å². The van der Waals surface area contributed by atoms with Gasteiger partial charge in [-0.1, -0.05) is 76.2 Å². The summed E-state index contributed by atoms with van der Waals surface area (Å²) in [5, 5.41) is 29.1. The predicted molar refractivity (Wildman–Crippen MR) is 536 cm³/mol. The lowest BCUT2D eigenvalue weighted by Crippen LogP contribution is -2.45. The SMILES string of the molecule is CC(C)c1ccc(C(=O)C[C@@H]2CCCN(c3cnc(C(N)=O)c(Nc4ccn(C)c4)n3)[C@@H]2C)cc1.CC(C)c1ccc(C(=O)C[C@@H]2CCCN(c3nnc(C(N)=O)c(Nc4ccn(C)c4)n3)[C@@H]2C)cc1.C[C@@H]1[C@H](CC(=O)c2cnc(C3CC3)cn2)CCCN1c1cnc(C(N)=O)c(Nc2ccn(C)c2)n1.C[C@@H]1[C@H](CC(=O)c2cnc(C3CC3)cn2)CCCN1c1nnc(C(N)=O)c(Nc2ccn(C)c2)n1. The highest BCUT2D eigenvalue weighted by Gasteiger charge is 2.39. The molecule has 0 spiro atoms. The molecule has 4 amide bonds. The van der Waals surface area contributed by atoms with Gasteiger partial charge in [-0.3, -0.25) is 48.3 Å². The van der Waals surface area contributed by atoms with Gasteiger partial charge in [0.05, 0.1) is 58.9 Å². The number of nitrogens with one attached hydrogen (secondary N) is 4. The van der Waals surface area contributed by atoms with Crippen molar-refractivity contribution >= 4 is 116 Å². The second-order valence-corrected chi connectivity index (χ2v) is 38.3. The number of piperidine rings is 4. The van der Waals surface area contributed by atoms with Crippen LogP contribution in [0.15, 0.2) is 160 Å². The number of carbonyl (C=O) groups is 8. The van der Waals surface area contributed by atoms with Crippen molar-refractivity contribution in [2.45, 2.75) is 206 Å². The Kier molecular flexibility index (Phi) is 31.6. The number of Topliss-reactive ketones (excluding diaryl/α,β-unsaturated/α-hetero) is 4. The number of aromatic nitrogens is 18. The number of aryl methyl sites for hydroxylation is 4. The summed E-state index contributed by atoms with van der Waals surface area (Å²) in [4.78, 5) is 153. The van der Waals surface area contributed by atoms with Gasteiger partial charge in [-0.05, 0) is 176 Å². The molecule has 6 aliphatic rings. The van der Waals surface area contributed by atoms with Gasteiger partial charge in [0.1, 0.15) is 23.0 Å². The molecule has 10 aromatic heterocycles. The van der Waals surface area contributed by atoms with Crippen molar-refractivity contribution in [1.29, 1.82) is 0 Å². The third-order valence-corrected chi connectivity index (χ3v) is 27.4. The maximum Gasteiger partial charge on any atom is 0.273 e. The van der Waals surface area contributed by atoms with Crippen molar-refractivity contribution in [1.82, 2.24) is 88.5 Å². The van der Waals surface area contributed by atoms with Gasteiger partial charge in [-0.25, -0.2) is 29.9 Å². The van der Waals surface area contributed by atoms with E-state index in [2.05, 4.69) is 152 Å². The second-order valence-electron chi connectivity index (χ2n) is 38.3. The van der Waals surface area contributed by atoms with Gasteiger partial charge in [-0.2, -0.15) is 9.97 Å². The molecule has 38 heteroatoms. The molecule has 12 aromatic rings. The van der Waals surface area contributed by atoms with E-state index in [1.165, 1.54) is 11.1 Å². The van der Waals surface area contributed by atoms with Gasteiger partial charge in [0.15, 0.2) is 69.2 Å². The minimum Gasteiger partial charge on any atom is -0.364 e. The number of rotatable bonds is 32. The lowest BCUT2D eigenvalue weighted by atomic mass is 9.84. The van der Waals surface area contributed by atoms with E-state index in [9.17, 15) is 38.4 Å². The molecule has 6 fully saturated rings. The molecule has 14 heterocycles. The zero-order valence-electron chi connectivity index (χ0n) is 81.5.